The average molecular weight is 373 g/mol. The molecule has 4 heteroatoms. The number of nitrogens with one attached hydrogen (secondary N) is 1. The van der Waals surface area contributed by atoms with Crippen molar-refractivity contribution in [1.82, 2.24) is 15.0 Å². The fourth-order valence-electron chi connectivity index (χ4n) is 4.82. The zero-order valence-electron chi connectivity index (χ0n) is 16.6. The van der Waals surface area contributed by atoms with Crippen LogP contribution in [0.2, 0.25) is 0 Å². The normalized spacial score (nSPS) is 19.5. The number of hydrogen-bond acceptors (Lipinski definition) is 3. The van der Waals surface area contributed by atoms with Gasteiger partial charge in [-0.1, -0.05) is 37.3 Å². The lowest BCUT2D eigenvalue weighted by atomic mass is 9.81. The zero-order valence-corrected chi connectivity index (χ0v) is 16.6. The highest BCUT2D eigenvalue weighted by Crippen LogP contribution is 2.44. The van der Waals surface area contributed by atoms with Crippen LogP contribution in [0.3, 0.4) is 0 Å². The van der Waals surface area contributed by atoms with Gasteiger partial charge in [-0.2, -0.15) is 0 Å². The molecule has 0 spiro atoms. The highest BCUT2D eigenvalue weighted by Gasteiger charge is 2.29. The van der Waals surface area contributed by atoms with Gasteiger partial charge in [-0.25, -0.2) is 9.97 Å². The molecule has 28 heavy (non-hydrogen) atoms. The molecule has 2 aliphatic rings. The molecular weight excluding hydrogens is 344 g/mol. The monoisotopic (exact) mass is 372 g/mol. The number of aryl methyl sites for hydroxylation is 1. The quantitative estimate of drug-likeness (QED) is 0.682. The van der Waals surface area contributed by atoms with Gasteiger partial charge in [-0.15, -0.1) is 0 Å². The molecule has 1 unspecified atom stereocenters. The third-order valence-corrected chi connectivity index (χ3v) is 6.28. The lowest BCUT2D eigenvalue weighted by Gasteiger charge is -2.33. The van der Waals surface area contributed by atoms with Crippen molar-refractivity contribution in [3.63, 3.8) is 0 Å². The lowest BCUT2D eigenvalue weighted by molar-refractivity contribution is 0.493. The topological polar surface area (TPSA) is 44.8 Å². The smallest absolute Gasteiger partial charge is 0.138 e. The second kappa shape index (κ2) is 7.42. The van der Waals surface area contributed by atoms with Crippen molar-refractivity contribution in [2.45, 2.75) is 45.4 Å². The Balaban J connectivity index is 1.80. The van der Waals surface area contributed by atoms with Gasteiger partial charge in [0.25, 0.3) is 0 Å². The summed E-state index contributed by atoms with van der Waals surface area (Å²) in [7, 11) is 0. The van der Waals surface area contributed by atoms with Gasteiger partial charge >= 0.3 is 0 Å². The van der Waals surface area contributed by atoms with Gasteiger partial charge in [0, 0.05) is 18.8 Å². The Hall–Kier alpha value is -2.62. The highest BCUT2D eigenvalue weighted by molar-refractivity contribution is 5.91. The number of aromatic amines is 1. The highest BCUT2D eigenvalue weighted by atomic mass is 15.2. The van der Waals surface area contributed by atoms with E-state index < -0.39 is 0 Å². The van der Waals surface area contributed by atoms with Crippen molar-refractivity contribution in [3.05, 3.63) is 54.1 Å². The second-order valence-corrected chi connectivity index (χ2v) is 8.34. The third kappa shape index (κ3) is 3.11. The molecule has 2 aromatic heterocycles. The van der Waals surface area contributed by atoms with Gasteiger partial charge in [0.05, 0.1) is 23.8 Å². The van der Waals surface area contributed by atoms with E-state index in [-0.39, 0.29) is 0 Å². The molecule has 0 radical (unpaired) electrons. The van der Waals surface area contributed by atoms with Crippen LogP contribution in [-0.2, 0) is 12.8 Å². The Bertz CT molecular complexity index is 940. The third-order valence-electron chi connectivity index (χ3n) is 6.28. The van der Waals surface area contributed by atoms with Crippen LogP contribution in [0.25, 0.3) is 22.4 Å². The molecule has 144 valence electrons. The summed E-state index contributed by atoms with van der Waals surface area (Å²) in [5, 5.41) is 0. The van der Waals surface area contributed by atoms with Crippen molar-refractivity contribution in [2.24, 2.45) is 5.92 Å². The van der Waals surface area contributed by atoms with Gasteiger partial charge in [-0.3, -0.25) is 0 Å². The molecule has 5 rings (SSSR count). The molecule has 0 saturated carbocycles. The van der Waals surface area contributed by atoms with Crippen LogP contribution >= 0.6 is 0 Å². The van der Waals surface area contributed by atoms with E-state index in [1.165, 1.54) is 53.6 Å². The number of aromatic nitrogens is 3. The number of nitrogens with zero attached hydrogens (tertiary/aromatic N) is 3. The first kappa shape index (κ1) is 17.5. The number of rotatable bonds is 3. The number of fused-ring (bicyclic) bond motifs is 1. The van der Waals surface area contributed by atoms with Gasteiger partial charge in [0.1, 0.15) is 5.82 Å². The molecule has 0 bridgehead atoms. The SMILES string of the molecule is CC1CCc2nc(N3CCCCC3)c(-c3cnc[nH]3)c(-c3ccccc3)c2C1. The molecule has 1 saturated heterocycles. The van der Waals surface area contributed by atoms with E-state index in [0.717, 1.165) is 37.4 Å². The van der Waals surface area contributed by atoms with Gasteiger partial charge in [-0.05, 0) is 61.1 Å². The number of pyridine rings is 1. The van der Waals surface area contributed by atoms with Crippen LogP contribution in [0.15, 0.2) is 42.9 Å². The minimum absolute atomic E-state index is 0.701. The Labute approximate surface area is 167 Å². The molecule has 1 N–H and O–H groups in total. The number of imidazole rings is 1. The Morgan fingerprint density at radius 3 is 2.61 bits per heavy atom. The summed E-state index contributed by atoms with van der Waals surface area (Å²) >= 11 is 0. The maximum atomic E-state index is 5.29. The predicted octanol–water partition coefficient (Wildman–Crippen LogP) is 5.25. The first-order chi connectivity index (χ1) is 13.8. The van der Waals surface area contributed by atoms with E-state index in [2.05, 4.69) is 52.1 Å². The van der Waals surface area contributed by atoms with Crippen LogP contribution in [0, 0.1) is 5.92 Å². The number of anilines is 1. The fraction of sp³-hybridized carbons (Fsp3) is 0.417. The maximum absolute atomic E-state index is 5.29. The summed E-state index contributed by atoms with van der Waals surface area (Å²) < 4.78 is 0. The van der Waals surface area contributed by atoms with E-state index in [1.807, 2.05) is 6.20 Å². The molecule has 1 aromatic carbocycles. The maximum Gasteiger partial charge on any atom is 0.138 e. The lowest BCUT2D eigenvalue weighted by Crippen LogP contribution is -2.31. The summed E-state index contributed by atoms with van der Waals surface area (Å²) in [6, 6.07) is 10.9. The summed E-state index contributed by atoms with van der Waals surface area (Å²) in [4.78, 5) is 15.5. The number of H-pyrrole nitrogens is 1. The standard InChI is InChI=1S/C24H28N4/c1-17-10-11-20-19(14-17)22(18-8-4-2-5-9-18)23(21-15-25-16-26-21)24(27-20)28-12-6-3-7-13-28/h2,4-5,8-9,15-17H,3,6-7,10-14H2,1H3,(H,25,26). The summed E-state index contributed by atoms with van der Waals surface area (Å²) in [5.74, 6) is 1.85. The summed E-state index contributed by atoms with van der Waals surface area (Å²) in [5.41, 5.74) is 7.71. The second-order valence-electron chi connectivity index (χ2n) is 8.34. The molecule has 1 atom stereocenters. The molecule has 1 fully saturated rings. The molecule has 3 heterocycles. The summed E-state index contributed by atoms with van der Waals surface area (Å²) in [6.45, 7) is 4.56. The van der Waals surface area contributed by atoms with Crippen LogP contribution in [0.4, 0.5) is 5.82 Å². The van der Waals surface area contributed by atoms with Crippen LogP contribution in [-0.4, -0.2) is 28.0 Å². The number of piperidine rings is 1. The Kier molecular flexibility index (Phi) is 4.63. The first-order valence-electron chi connectivity index (χ1n) is 10.7. The van der Waals surface area contributed by atoms with Crippen LogP contribution in [0.5, 0.6) is 0 Å². The number of benzene rings is 1. The fourth-order valence-corrected chi connectivity index (χ4v) is 4.82. The zero-order chi connectivity index (χ0) is 18.9. The molecule has 4 nitrogen and oxygen atoms in total. The molecule has 1 aliphatic carbocycles. The van der Waals surface area contributed by atoms with Gasteiger partial charge < -0.3 is 9.88 Å². The van der Waals surface area contributed by atoms with Gasteiger partial charge in [0.2, 0.25) is 0 Å². The molecule has 1 aliphatic heterocycles. The van der Waals surface area contributed by atoms with Crippen LogP contribution < -0.4 is 4.90 Å². The van der Waals surface area contributed by atoms with Crippen LogP contribution in [0.1, 0.15) is 43.9 Å². The first-order valence-corrected chi connectivity index (χ1v) is 10.7. The predicted molar refractivity (Wildman–Crippen MR) is 115 cm³/mol. The van der Waals surface area contributed by atoms with Crippen molar-refractivity contribution in [2.75, 3.05) is 18.0 Å². The largest absolute Gasteiger partial charge is 0.356 e. The molecule has 3 aromatic rings. The van der Waals surface area contributed by atoms with E-state index >= 15 is 0 Å². The van der Waals surface area contributed by atoms with E-state index in [1.54, 1.807) is 6.33 Å². The van der Waals surface area contributed by atoms with Crippen molar-refractivity contribution >= 4 is 5.82 Å². The Morgan fingerprint density at radius 2 is 1.86 bits per heavy atom. The molecular formula is C24H28N4. The van der Waals surface area contributed by atoms with Gasteiger partial charge in [0.15, 0.2) is 0 Å². The Morgan fingerprint density at radius 1 is 1.04 bits per heavy atom. The summed E-state index contributed by atoms with van der Waals surface area (Å²) in [6.07, 6.45) is 11.0. The molecule has 0 amide bonds. The van der Waals surface area contributed by atoms with E-state index in [4.69, 9.17) is 4.98 Å². The van der Waals surface area contributed by atoms with Crippen molar-refractivity contribution < 1.29 is 0 Å². The minimum Gasteiger partial charge on any atom is -0.356 e. The number of hydrogen-bond donors (Lipinski definition) is 1. The van der Waals surface area contributed by atoms with E-state index in [0.29, 0.717) is 5.92 Å². The van der Waals surface area contributed by atoms with E-state index in [9.17, 15) is 0 Å². The van der Waals surface area contributed by atoms with Crippen molar-refractivity contribution in [1.29, 1.82) is 0 Å². The average Bonchev–Trinajstić information content (AvgIpc) is 3.28. The minimum atomic E-state index is 0.701. The van der Waals surface area contributed by atoms with Crippen molar-refractivity contribution in [3.8, 4) is 22.4 Å².